The lowest BCUT2D eigenvalue weighted by Crippen LogP contribution is -2.30. The number of nitrogens with one attached hydrogen (secondary N) is 1. The molecule has 0 aliphatic carbocycles. The second-order valence-corrected chi connectivity index (χ2v) is 5.43. The van der Waals surface area contributed by atoms with Gasteiger partial charge in [0.1, 0.15) is 18.5 Å². The van der Waals surface area contributed by atoms with Crippen molar-refractivity contribution in [3.8, 4) is 5.69 Å². The quantitative estimate of drug-likeness (QED) is 0.712. The summed E-state index contributed by atoms with van der Waals surface area (Å²) in [4.78, 5) is 28.1. The molecule has 3 aromatic rings. The monoisotopic (exact) mass is 354 g/mol. The van der Waals surface area contributed by atoms with E-state index >= 15 is 0 Å². The van der Waals surface area contributed by atoms with Crippen LogP contribution < -0.4 is 5.32 Å². The van der Waals surface area contributed by atoms with E-state index in [4.69, 9.17) is 4.74 Å². The van der Waals surface area contributed by atoms with Crippen LogP contribution in [0.5, 0.6) is 0 Å². The number of ether oxygens (including phenoxy) is 1. The Morgan fingerprint density at radius 2 is 1.81 bits per heavy atom. The normalized spacial score (nSPS) is 11.6. The van der Waals surface area contributed by atoms with Crippen LogP contribution in [0.4, 0.5) is 10.1 Å². The molecule has 0 saturated carbocycles. The summed E-state index contributed by atoms with van der Waals surface area (Å²) >= 11 is 0. The van der Waals surface area contributed by atoms with Gasteiger partial charge in [0, 0.05) is 5.69 Å². The summed E-state index contributed by atoms with van der Waals surface area (Å²) in [6, 6.07) is 11.8. The van der Waals surface area contributed by atoms with E-state index in [2.05, 4.69) is 15.4 Å². The van der Waals surface area contributed by atoms with Crippen molar-refractivity contribution < 1.29 is 18.7 Å². The first kappa shape index (κ1) is 17.3. The topological polar surface area (TPSA) is 86.1 Å². The van der Waals surface area contributed by atoms with E-state index in [0.717, 1.165) is 5.69 Å². The summed E-state index contributed by atoms with van der Waals surface area (Å²) in [6.07, 6.45) is 1.93. The lowest BCUT2D eigenvalue weighted by molar-refractivity contribution is -0.123. The van der Waals surface area contributed by atoms with Gasteiger partial charge >= 0.3 is 5.97 Å². The molecular formula is C18H15FN4O3. The van der Waals surface area contributed by atoms with E-state index in [1.807, 2.05) is 0 Å². The lowest BCUT2D eigenvalue weighted by Gasteiger charge is -2.13. The molecule has 0 radical (unpaired) electrons. The van der Waals surface area contributed by atoms with E-state index in [-0.39, 0.29) is 0 Å². The first-order valence-electron chi connectivity index (χ1n) is 7.75. The third kappa shape index (κ3) is 4.10. The van der Waals surface area contributed by atoms with Crippen LogP contribution in [0.25, 0.3) is 5.69 Å². The molecule has 1 aromatic heterocycles. The molecular weight excluding hydrogens is 339 g/mol. The fraction of sp³-hybridized carbons (Fsp3) is 0.111. The second-order valence-electron chi connectivity index (χ2n) is 5.43. The molecule has 0 saturated heterocycles. The molecule has 1 amide bonds. The number of hydrogen-bond donors (Lipinski definition) is 1. The Morgan fingerprint density at radius 1 is 1.12 bits per heavy atom. The minimum absolute atomic E-state index is 0.301. The van der Waals surface area contributed by atoms with E-state index in [1.165, 1.54) is 43.8 Å². The van der Waals surface area contributed by atoms with Crippen molar-refractivity contribution in [2.75, 3.05) is 5.32 Å². The molecule has 8 heteroatoms. The van der Waals surface area contributed by atoms with Gasteiger partial charge in [-0.15, -0.1) is 0 Å². The van der Waals surface area contributed by atoms with Gasteiger partial charge in [0.2, 0.25) is 0 Å². The van der Waals surface area contributed by atoms with Crippen LogP contribution >= 0.6 is 0 Å². The van der Waals surface area contributed by atoms with Crippen molar-refractivity contribution >= 4 is 17.6 Å². The van der Waals surface area contributed by atoms with Crippen LogP contribution in [0.3, 0.4) is 0 Å². The van der Waals surface area contributed by atoms with Gasteiger partial charge in [-0.2, -0.15) is 5.10 Å². The van der Waals surface area contributed by atoms with Crippen LogP contribution in [0.2, 0.25) is 0 Å². The highest BCUT2D eigenvalue weighted by molar-refractivity contribution is 5.97. The highest BCUT2D eigenvalue weighted by Crippen LogP contribution is 2.12. The van der Waals surface area contributed by atoms with Crippen molar-refractivity contribution in [3.05, 3.63) is 72.6 Å². The number of aromatic nitrogens is 3. The highest BCUT2D eigenvalue weighted by Gasteiger charge is 2.19. The maximum atomic E-state index is 12.9. The van der Waals surface area contributed by atoms with Gasteiger partial charge in [-0.05, 0) is 55.5 Å². The summed E-state index contributed by atoms with van der Waals surface area (Å²) in [5.41, 5.74) is 1.45. The summed E-state index contributed by atoms with van der Waals surface area (Å²) in [5, 5.41) is 6.54. The Balaban J connectivity index is 1.59. The van der Waals surface area contributed by atoms with Crippen molar-refractivity contribution in [2.24, 2.45) is 0 Å². The van der Waals surface area contributed by atoms with Gasteiger partial charge in [0.15, 0.2) is 6.10 Å². The molecule has 0 bridgehead atoms. The number of carbonyl (C=O) groups is 2. The van der Waals surface area contributed by atoms with E-state index in [9.17, 15) is 14.0 Å². The number of esters is 1. The van der Waals surface area contributed by atoms with Crippen molar-refractivity contribution in [1.82, 2.24) is 14.8 Å². The summed E-state index contributed by atoms with van der Waals surface area (Å²) in [7, 11) is 0. The van der Waals surface area contributed by atoms with Crippen LogP contribution in [0.1, 0.15) is 17.3 Å². The number of anilines is 1. The molecule has 0 spiro atoms. The summed E-state index contributed by atoms with van der Waals surface area (Å²) in [6.45, 7) is 1.46. The van der Waals surface area contributed by atoms with Crippen LogP contribution in [0.15, 0.2) is 61.2 Å². The number of benzene rings is 2. The third-order valence-electron chi connectivity index (χ3n) is 3.55. The molecule has 0 aliphatic heterocycles. The fourth-order valence-corrected chi connectivity index (χ4v) is 2.15. The predicted octanol–water partition coefficient (Wildman–Crippen LogP) is 2.59. The Morgan fingerprint density at radius 3 is 2.42 bits per heavy atom. The first-order valence-corrected chi connectivity index (χ1v) is 7.75. The number of amides is 1. The Bertz CT molecular complexity index is 893. The predicted molar refractivity (Wildman–Crippen MR) is 91.3 cm³/mol. The number of hydrogen-bond acceptors (Lipinski definition) is 5. The van der Waals surface area contributed by atoms with Gasteiger partial charge in [-0.25, -0.2) is 18.9 Å². The Labute approximate surface area is 148 Å². The average Bonchev–Trinajstić information content (AvgIpc) is 3.18. The second kappa shape index (κ2) is 7.56. The van der Waals surface area contributed by atoms with Crippen LogP contribution in [0, 0.1) is 5.82 Å². The van der Waals surface area contributed by atoms with Crippen LogP contribution in [-0.2, 0) is 9.53 Å². The minimum atomic E-state index is -1.01. The Kier molecular flexibility index (Phi) is 5.02. The molecule has 132 valence electrons. The average molecular weight is 354 g/mol. The molecule has 0 aliphatic rings. The zero-order chi connectivity index (χ0) is 18.5. The number of halogens is 1. The maximum Gasteiger partial charge on any atom is 0.338 e. The summed E-state index contributed by atoms with van der Waals surface area (Å²) in [5.74, 6) is -1.54. The molecule has 0 fully saturated rings. The van der Waals surface area contributed by atoms with Crippen molar-refractivity contribution in [1.29, 1.82) is 0 Å². The molecule has 3 rings (SSSR count). The minimum Gasteiger partial charge on any atom is -0.449 e. The zero-order valence-corrected chi connectivity index (χ0v) is 13.8. The standard InChI is InChI=1S/C18H15FN4O3/c1-12(17(24)22-15-6-4-14(19)5-7-15)26-18(25)13-2-8-16(9-3-13)23-11-20-10-21-23/h2-12H,1H3,(H,22,24)/t12-/m1/s1. The van der Waals surface area contributed by atoms with Crippen molar-refractivity contribution in [2.45, 2.75) is 13.0 Å². The number of nitrogens with zero attached hydrogens (tertiary/aromatic N) is 3. The SMILES string of the molecule is C[C@@H](OC(=O)c1ccc(-n2cncn2)cc1)C(=O)Nc1ccc(F)cc1. The highest BCUT2D eigenvalue weighted by atomic mass is 19.1. The van der Waals surface area contributed by atoms with Crippen LogP contribution in [-0.4, -0.2) is 32.7 Å². The third-order valence-corrected chi connectivity index (χ3v) is 3.55. The van der Waals surface area contributed by atoms with E-state index in [1.54, 1.807) is 28.9 Å². The largest absolute Gasteiger partial charge is 0.449 e. The van der Waals surface area contributed by atoms with Gasteiger partial charge in [0.25, 0.3) is 5.91 Å². The molecule has 26 heavy (non-hydrogen) atoms. The van der Waals surface area contributed by atoms with Crippen molar-refractivity contribution in [3.63, 3.8) is 0 Å². The number of carbonyl (C=O) groups excluding carboxylic acids is 2. The molecule has 0 unspecified atom stereocenters. The maximum absolute atomic E-state index is 12.9. The van der Waals surface area contributed by atoms with Gasteiger partial charge in [0.05, 0.1) is 11.3 Å². The van der Waals surface area contributed by atoms with Gasteiger partial charge in [-0.3, -0.25) is 4.79 Å². The zero-order valence-electron chi connectivity index (χ0n) is 13.8. The molecule has 1 N–H and O–H groups in total. The number of rotatable bonds is 5. The summed E-state index contributed by atoms with van der Waals surface area (Å²) < 4.78 is 19.6. The van der Waals surface area contributed by atoms with Gasteiger partial charge < -0.3 is 10.1 Å². The fourth-order valence-electron chi connectivity index (χ4n) is 2.15. The molecule has 7 nitrogen and oxygen atoms in total. The smallest absolute Gasteiger partial charge is 0.338 e. The Hall–Kier alpha value is -3.55. The van der Waals surface area contributed by atoms with E-state index < -0.39 is 23.8 Å². The molecule has 1 heterocycles. The first-order chi connectivity index (χ1) is 12.5. The van der Waals surface area contributed by atoms with E-state index in [0.29, 0.717) is 11.3 Å². The molecule has 2 aromatic carbocycles. The lowest BCUT2D eigenvalue weighted by atomic mass is 10.2. The van der Waals surface area contributed by atoms with Gasteiger partial charge in [-0.1, -0.05) is 0 Å². The molecule has 1 atom stereocenters.